The standard InChI is InChI=1S/C21H16Cl3N/c1-21(2)16-8-5-13(12-3-6-14(22)7-4-12)9-18(16)25-19-11-15(23)10-17(24)20(19)21/h3-11,25H,1-2H3. The molecule has 0 saturated carbocycles. The molecule has 1 heterocycles. The molecule has 0 saturated heterocycles. The van der Waals surface area contributed by atoms with Gasteiger partial charge < -0.3 is 5.32 Å². The van der Waals surface area contributed by atoms with Crippen molar-refractivity contribution in [3.05, 3.63) is 80.8 Å². The van der Waals surface area contributed by atoms with Gasteiger partial charge in [-0.3, -0.25) is 0 Å². The average molecular weight is 389 g/mol. The molecule has 0 aliphatic carbocycles. The van der Waals surface area contributed by atoms with Gasteiger partial charge in [0.25, 0.3) is 0 Å². The molecule has 3 aromatic carbocycles. The van der Waals surface area contributed by atoms with Crippen LogP contribution in [0.2, 0.25) is 15.1 Å². The van der Waals surface area contributed by atoms with Crippen molar-refractivity contribution in [3.63, 3.8) is 0 Å². The van der Waals surface area contributed by atoms with Crippen molar-refractivity contribution in [1.29, 1.82) is 0 Å². The van der Waals surface area contributed by atoms with Crippen LogP contribution >= 0.6 is 34.8 Å². The lowest BCUT2D eigenvalue weighted by Crippen LogP contribution is -2.26. The van der Waals surface area contributed by atoms with Gasteiger partial charge in [0.15, 0.2) is 0 Å². The molecule has 1 N–H and O–H groups in total. The highest BCUT2D eigenvalue weighted by atomic mass is 35.5. The first-order chi connectivity index (χ1) is 11.9. The molecule has 4 heteroatoms. The van der Waals surface area contributed by atoms with Crippen LogP contribution in [0.25, 0.3) is 11.1 Å². The van der Waals surface area contributed by atoms with Crippen LogP contribution < -0.4 is 5.32 Å². The summed E-state index contributed by atoms with van der Waals surface area (Å²) < 4.78 is 0. The van der Waals surface area contributed by atoms with Crippen molar-refractivity contribution in [3.8, 4) is 11.1 Å². The van der Waals surface area contributed by atoms with Crippen LogP contribution in [0.1, 0.15) is 25.0 Å². The number of nitrogens with one attached hydrogen (secondary N) is 1. The molecule has 0 aromatic heterocycles. The Morgan fingerprint density at radius 2 is 1.40 bits per heavy atom. The van der Waals surface area contributed by atoms with E-state index in [4.69, 9.17) is 34.8 Å². The molecular weight excluding hydrogens is 373 g/mol. The van der Waals surface area contributed by atoms with Gasteiger partial charge in [-0.2, -0.15) is 0 Å². The van der Waals surface area contributed by atoms with Crippen LogP contribution in [0.3, 0.4) is 0 Å². The lowest BCUT2D eigenvalue weighted by molar-refractivity contribution is 0.638. The fourth-order valence-corrected chi connectivity index (χ4v) is 4.46. The number of fused-ring (bicyclic) bond motifs is 2. The Morgan fingerprint density at radius 1 is 0.720 bits per heavy atom. The predicted molar refractivity (Wildman–Crippen MR) is 109 cm³/mol. The van der Waals surface area contributed by atoms with Crippen molar-refractivity contribution in [1.82, 2.24) is 0 Å². The molecule has 0 radical (unpaired) electrons. The third-order valence-corrected chi connectivity index (χ3v) is 5.59. The summed E-state index contributed by atoms with van der Waals surface area (Å²) in [7, 11) is 0. The van der Waals surface area contributed by atoms with Crippen LogP contribution in [-0.2, 0) is 5.41 Å². The van der Waals surface area contributed by atoms with Crippen LogP contribution in [0.15, 0.2) is 54.6 Å². The number of benzene rings is 3. The van der Waals surface area contributed by atoms with Gasteiger partial charge in [0.2, 0.25) is 0 Å². The maximum absolute atomic E-state index is 6.50. The van der Waals surface area contributed by atoms with E-state index in [1.807, 2.05) is 30.3 Å². The lowest BCUT2D eigenvalue weighted by atomic mass is 9.74. The first-order valence-corrected chi connectivity index (χ1v) is 9.16. The molecule has 3 aromatic rings. The summed E-state index contributed by atoms with van der Waals surface area (Å²) >= 11 is 18.7. The van der Waals surface area contributed by atoms with Gasteiger partial charge in [0.05, 0.1) is 0 Å². The highest BCUT2D eigenvalue weighted by Gasteiger charge is 2.34. The smallest absolute Gasteiger partial charge is 0.0482 e. The van der Waals surface area contributed by atoms with Crippen LogP contribution in [-0.4, -0.2) is 0 Å². The van der Waals surface area contributed by atoms with Gasteiger partial charge in [-0.1, -0.05) is 72.9 Å². The van der Waals surface area contributed by atoms with Gasteiger partial charge >= 0.3 is 0 Å². The number of halogens is 3. The Morgan fingerprint density at radius 3 is 2.12 bits per heavy atom. The minimum absolute atomic E-state index is 0.212. The molecular formula is C21H16Cl3N. The quantitative estimate of drug-likeness (QED) is 0.450. The van der Waals surface area contributed by atoms with Crippen LogP contribution in [0.5, 0.6) is 0 Å². The van der Waals surface area contributed by atoms with Gasteiger partial charge in [-0.15, -0.1) is 0 Å². The normalized spacial score (nSPS) is 14.4. The second kappa shape index (κ2) is 5.95. The first kappa shape index (κ1) is 16.8. The molecule has 0 fully saturated rings. The van der Waals surface area contributed by atoms with Crippen LogP contribution in [0.4, 0.5) is 11.4 Å². The van der Waals surface area contributed by atoms with E-state index in [1.54, 1.807) is 6.07 Å². The minimum atomic E-state index is -0.212. The Kier molecular flexibility index (Phi) is 3.99. The van der Waals surface area contributed by atoms with Crippen molar-refractivity contribution in [2.24, 2.45) is 0 Å². The summed E-state index contributed by atoms with van der Waals surface area (Å²) in [4.78, 5) is 0. The molecule has 1 nitrogen and oxygen atoms in total. The van der Waals surface area contributed by atoms with Gasteiger partial charge in [-0.25, -0.2) is 0 Å². The molecule has 126 valence electrons. The summed E-state index contributed by atoms with van der Waals surface area (Å²) in [5.41, 5.74) is 6.37. The molecule has 1 aliphatic heterocycles. The number of rotatable bonds is 1. The highest BCUT2D eigenvalue weighted by molar-refractivity contribution is 6.36. The van der Waals surface area contributed by atoms with Gasteiger partial charge in [-0.05, 0) is 47.0 Å². The van der Waals surface area contributed by atoms with E-state index in [1.165, 1.54) is 5.56 Å². The number of anilines is 2. The zero-order valence-corrected chi connectivity index (χ0v) is 16.1. The number of hydrogen-bond acceptors (Lipinski definition) is 1. The minimum Gasteiger partial charge on any atom is -0.355 e. The van der Waals surface area contributed by atoms with Crippen molar-refractivity contribution in [2.45, 2.75) is 19.3 Å². The summed E-state index contributed by atoms with van der Waals surface area (Å²) in [5, 5.41) is 5.56. The SMILES string of the molecule is CC1(C)c2ccc(-c3ccc(Cl)cc3)cc2Nc2cc(Cl)cc(Cl)c21. The van der Waals surface area contributed by atoms with E-state index in [-0.39, 0.29) is 5.41 Å². The Bertz CT molecular complexity index is 975. The van der Waals surface area contributed by atoms with E-state index in [2.05, 4.69) is 37.4 Å². The van der Waals surface area contributed by atoms with Crippen molar-refractivity contribution >= 4 is 46.2 Å². The molecule has 4 rings (SSSR count). The summed E-state index contributed by atoms with van der Waals surface area (Å²) in [5.74, 6) is 0. The lowest BCUT2D eigenvalue weighted by Gasteiger charge is -2.36. The van der Waals surface area contributed by atoms with E-state index in [0.29, 0.717) is 10.0 Å². The monoisotopic (exact) mass is 387 g/mol. The zero-order chi connectivity index (χ0) is 17.8. The topological polar surface area (TPSA) is 12.0 Å². The maximum atomic E-state index is 6.50. The summed E-state index contributed by atoms with van der Waals surface area (Å²) in [6, 6.07) is 18.1. The van der Waals surface area contributed by atoms with Crippen LogP contribution in [0, 0.1) is 0 Å². The molecule has 0 atom stereocenters. The second-order valence-corrected chi connectivity index (χ2v) is 8.11. The van der Waals surface area contributed by atoms with Crippen molar-refractivity contribution in [2.75, 3.05) is 5.32 Å². The van der Waals surface area contributed by atoms with Crippen molar-refractivity contribution < 1.29 is 0 Å². The molecule has 1 aliphatic rings. The molecule has 0 unspecified atom stereocenters. The fraction of sp³-hybridized carbons (Fsp3) is 0.143. The van der Waals surface area contributed by atoms with Gasteiger partial charge in [0, 0.05) is 37.4 Å². The second-order valence-electron chi connectivity index (χ2n) is 6.83. The summed E-state index contributed by atoms with van der Waals surface area (Å²) in [6.45, 7) is 4.38. The molecule has 0 amide bonds. The fourth-order valence-electron chi connectivity index (χ4n) is 3.60. The average Bonchev–Trinajstić information content (AvgIpc) is 2.53. The molecule has 0 bridgehead atoms. The van der Waals surface area contributed by atoms with E-state index >= 15 is 0 Å². The van der Waals surface area contributed by atoms with E-state index in [0.717, 1.165) is 33.1 Å². The molecule has 25 heavy (non-hydrogen) atoms. The molecule has 0 spiro atoms. The largest absolute Gasteiger partial charge is 0.355 e. The van der Waals surface area contributed by atoms with E-state index in [9.17, 15) is 0 Å². The van der Waals surface area contributed by atoms with Gasteiger partial charge in [0.1, 0.15) is 0 Å². The number of hydrogen-bond donors (Lipinski definition) is 1. The Labute approximate surface area is 162 Å². The third kappa shape index (κ3) is 2.81. The Hall–Kier alpha value is -1.67. The van der Waals surface area contributed by atoms with E-state index < -0.39 is 0 Å². The maximum Gasteiger partial charge on any atom is 0.0482 e. The Balaban J connectivity index is 1.86. The zero-order valence-electron chi connectivity index (χ0n) is 13.8. The highest BCUT2D eigenvalue weighted by Crippen LogP contribution is 2.49. The predicted octanol–water partition coefficient (Wildman–Crippen LogP) is 7.70. The summed E-state index contributed by atoms with van der Waals surface area (Å²) in [6.07, 6.45) is 0. The third-order valence-electron chi connectivity index (χ3n) is 4.82. The first-order valence-electron chi connectivity index (χ1n) is 8.03.